The van der Waals surface area contributed by atoms with Crippen LogP contribution in [0.5, 0.6) is 0 Å². The molecule has 4 heteroatoms. The Morgan fingerprint density at radius 1 is 1.40 bits per heavy atom. The van der Waals surface area contributed by atoms with Crippen molar-refractivity contribution in [2.24, 2.45) is 17.3 Å². The van der Waals surface area contributed by atoms with Gasteiger partial charge in [0.2, 0.25) is 5.79 Å². The van der Waals surface area contributed by atoms with E-state index in [0.29, 0.717) is 12.5 Å². The normalized spacial score (nSPS) is 60.7. The highest BCUT2D eigenvalue weighted by molar-refractivity contribution is 5.33. The lowest BCUT2D eigenvalue weighted by Gasteiger charge is -2.54. The Kier molecular flexibility index (Phi) is 2.43. The molecule has 0 amide bonds. The summed E-state index contributed by atoms with van der Waals surface area (Å²) in [7, 11) is 1.68. The quantitative estimate of drug-likeness (QED) is 0.588. The highest BCUT2D eigenvalue weighted by Crippen LogP contribution is 2.72. The average molecular weight is 280 g/mol. The summed E-state index contributed by atoms with van der Waals surface area (Å²) in [5.74, 6) is -0.0284. The lowest BCUT2D eigenvalue weighted by molar-refractivity contribution is -0.246. The molecule has 0 unspecified atom stereocenters. The second kappa shape index (κ2) is 3.67. The first-order valence-corrected chi connectivity index (χ1v) is 7.65. The first-order valence-electron chi connectivity index (χ1n) is 7.65. The minimum Gasteiger partial charge on any atom is -0.390 e. The maximum absolute atomic E-state index is 10.6. The molecular weight excluding hydrogens is 256 g/mol. The Bertz CT molecular complexity index is 477. The van der Waals surface area contributed by atoms with Gasteiger partial charge in [0, 0.05) is 18.4 Å². The number of rotatable bonds is 1. The molecule has 4 fully saturated rings. The van der Waals surface area contributed by atoms with Crippen molar-refractivity contribution in [1.82, 2.24) is 0 Å². The van der Waals surface area contributed by atoms with Crippen LogP contribution in [0.2, 0.25) is 0 Å². The van der Waals surface area contributed by atoms with Crippen LogP contribution in [0.4, 0.5) is 0 Å². The summed E-state index contributed by atoms with van der Waals surface area (Å²) < 4.78 is 17.9. The van der Waals surface area contributed by atoms with Crippen LogP contribution < -0.4 is 0 Å². The standard InChI is InChI=1S/C16H24O4/c1-9-8-19-16(18-4)11(9)7-14(3)10(2)5-6-12(17)15(14)13(16)20-15/h10-13,17H,1,5-8H2,2-4H3/t10-,11-,12+,13-,14+,15+,16+/m0/s1. The summed E-state index contributed by atoms with van der Waals surface area (Å²) in [5, 5.41) is 10.6. The molecule has 1 N–H and O–H groups in total. The molecule has 2 aliphatic heterocycles. The number of hydrogen-bond donors (Lipinski definition) is 1. The zero-order valence-electron chi connectivity index (χ0n) is 12.5. The maximum Gasteiger partial charge on any atom is 0.204 e. The summed E-state index contributed by atoms with van der Waals surface area (Å²) in [5.41, 5.74) is 0.588. The van der Waals surface area contributed by atoms with Crippen molar-refractivity contribution in [2.75, 3.05) is 13.7 Å². The minimum absolute atomic E-state index is 0.0291. The van der Waals surface area contributed by atoms with E-state index in [1.807, 2.05) is 0 Å². The summed E-state index contributed by atoms with van der Waals surface area (Å²) >= 11 is 0. The highest BCUT2D eigenvalue weighted by atomic mass is 16.8. The number of epoxide rings is 1. The van der Waals surface area contributed by atoms with Gasteiger partial charge in [-0.25, -0.2) is 0 Å². The van der Waals surface area contributed by atoms with E-state index in [9.17, 15) is 5.11 Å². The molecule has 20 heavy (non-hydrogen) atoms. The number of aliphatic hydroxyl groups is 1. The minimum atomic E-state index is -0.728. The van der Waals surface area contributed by atoms with E-state index < -0.39 is 17.5 Å². The number of aliphatic hydroxyl groups excluding tert-OH is 1. The fourth-order valence-corrected chi connectivity index (χ4v) is 5.27. The van der Waals surface area contributed by atoms with Crippen molar-refractivity contribution in [3.8, 4) is 0 Å². The van der Waals surface area contributed by atoms with Crippen molar-refractivity contribution < 1.29 is 19.3 Å². The first kappa shape index (κ1) is 13.3. The van der Waals surface area contributed by atoms with Gasteiger partial charge in [0.05, 0.1) is 12.7 Å². The van der Waals surface area contributed by atoms with Crippen LogP contribution in [-0.4, -0.2) is 42.4 Å². The average Bonchev–Trinajstić information content (AvgIpc) is 3.13. The van der Waals surface area contributed by atoms with E-state index in [2.05, 4.69) is 20.4 Å². The van der Waals surface area contributed by atoms with Gasteiger partial charge in [0.1, 0.15) is 11.7 Å². The molecule has 0 aromatic carbocycles. The summed E-state index contributed by atoms with van der Waals surface area (Å²) in [4.78, 5) is 0. The molecule has 112 valence electrons. The Balaban J connectivity index is 1.83. The molecule has 1 spiro atoms. The van der Waals surface area contributed by atoms with E-state index >= 15 is 0 Å². The van der Waals surface area contributed by atoms with Gasteiger partial charge in [-0.2, -0.15) is 0 Å². The topological polar surface area (TPSA) is 51.2 Å². The van der Waals surface area contributed by atoms with Crippen molar-refractivity contribution in [1.29, 1.82) is 0 Å². The number of fused-ring (bicyclic) bond motifs is 2. The lowest BCUT2D eigenvalue weighted by Crippen LogP contribution is -2.64. The van der Waals surface area contributed by atoms with Gasteiger partial charge in [0.15, 0.2) is 0 Å². The van der Waals surface area contributed by atoms with E-state index in [1.165, 1.54) is 0 Å². The molecule has 2 saturated heterocycles. The van der Waals surface area contributed by atoms with Gasteiger partial charge in [-0.15, -0.1) is 0 Å². The van der Waals surface area contributed by atoms with Gasteiger partial charge in [-0.05, 0) is 30.8 Å². The smallest absolute Gasteiger partial charge is 0.204 e. The van der Waals surface area contributed by atoms with Gasteiger partial charge < -0.3 is 19.3 Å². The van der Waals surface area contributed by atoms with Crippen LogP contribution in [0.15, 0.2) is 12.2 Å². The molecule has 4 rings (SSSR count). The second-order valence-electron chi connectivity index (χ2n) is 7.33. The molecule has 0 bridgehead atoms. The number of ether oxygens (including phenoxy) is 3. The van der Waals surface area contributed by atoms with Crippen LogP contribution in [0, 0.1) is 17.3 Å². The summed E-state index contributed by atoms with van der Waals surface area (Å²) in [6.45, 7) is 9.26. The van der Waals surface area contributed by atoms with E-state index in [4.69, 9.17) is 14.2 Å². The van der Waals surface area contributed by atoms with Crippen LogP contribution >= 0.6 is 0 Å². The molecule has 0 aromatic heterocycles. The molecule has 0 aromatic rings. The number of hydrogen-bond acceptors (Lipinski definition) is 4. The van der Waals surface area contributed by atoms with Gasteiger partial charge in [0.25, 0.3) is 0 Å². The van der Waals surface area contributed by atoms with Crippen molar-refractivity contribution >= 4 is 0 Å². The molecule has 4 nitrogen and oxygen atoms in total. The predicted molar refractivity (Wildman–Crippen MR) is 73.1 cm³/mol. The Morgan fingerprint density at radius 2 is 2.15 bits per heavy atom. The lowest BCUT2D eigenvalue weighted by atomic mass is 9.51. The van der Waals surface area contributed by atoms with Crippen LogP contribution in [0.3, 0.4) is 0 Å². The SMILES string of the molecule is C=C1CO[C@@]2(OC)[C@H]3O[C@]34[C@H](O)CC[C@H](C)[C@@]4(C)C[C@@H]12. The van der Waals surface area contributed by atoms with Gasteiger partial charge in [-0.1, -0.05) is 20.4 Å². The molecule has 7 atom stereocenters. The molecule has 4 aliphatic rings. The van der Waals surface area contributed by atoms with Gasteiger partial charge >= 0.3 is 0 Å². The van der Waals surface area contributed by atoms with Crippen molar-refractivity contribution in [3.63, 3.8) is 0 Å². The fourth-order valence-electron chi connectivity index (χ4n) is 5.27. The maximum atomic E-state index is 10.6. The number of methoxy groups -OCH3 is 1. The van der Waals surface area contributed by atoms with Crippen LogP contribution in [0.1, 0.15) is 33.1 Å². The van der Waals surface area contributed by atoms with E-state index in [0.717, 1.165) is 24.8 Å². The third kappa shape index (κ3) is 1.16. The molecular formula is C16H24O4. The van der Waals surface area contributed by atoms with E-state index in [1.54, 1.807) is 7.11 Å². The Hall–Kier alpha value is -0.420. The third-order valence-electron chi connectivity index (χ3n) is 6.77. The third-order valence-corrected chi connectivity index (χ3v) is 6.77. The van der Waals surface area contributed by atoms with Crippen molar-refractivity contribution in [3.05, 3.63) is 12.2 Å². The fraction of sp³-hybridized carbons (Fsp3) is 0.875. The monoisotopic (exact) mass is 280 g/mol. The Morgan fingerprint density at radius 3 is 2.85 bits per heavy atom. The predicted octanol–water partition coefficient (Wildman–Crippen LogP) is 1.87. The first-order chi connectivity index (χ1) is 9.42. The highest BCUT2D eigenvalue weighted by Gasteiger charge is 2.84. The van der Waals surface area contributed by atoms with Crippen LogP contribution in [-0.2, 0) is 14.2 Å². The van der Waals surface area contributed by atoms with Crippen LogP contribution in [0.25, 0.3) is 0 Å². The summed E-state index contributed by atoms with van der Waals surface area (Å²) in [6.07, 6.45) is 2.20. The zero-order valence-corrected chi connectivity index (χ0v) is 12.5. The largest absolute Gasteiger partial charge is 0.390 e. The zero-order chi connectivity index (χ0) is 14.3. The summed E-state index contributed by atoms with van der Waals surface area (Å²) in [6, 6.07) is 0. The molecule has 2 heterocycles. The van der Waals surface area contributed by atoms with E-state index in [-0.39, 0.29) is 17.4 Å². The molecule has 2 aliphatic carbocycles. The Labute approximate surface area is 120 Å². The second-order valence-corrected chi connectivity index (χ2v) is 7.33. The molecule has 2 saturated carbocycles. The molecule has 0 radical (unpaired) electrons. The van der Waals surface area contributed by atoms with Gasteiger partial charge in [-0.3, -0.25) is 0 Å². The van der Waals surface area contributed by atoms with Crippen molar-refractivity contribution in [2.45, 2.75) is 56.7 Å².